The van der Waals surface area contributed by atoms with Gasteiger partial charge in [-0.15, -0.1) is 29.3 Å². The van der Waals surface area contributed by atoms with Crippen LogP contribution in [0, 0.1) is 26.8 Å². The Kier molecular flexibility index (Phi) is 8.92. The third kappa shape index (κ3) is 6.51. The summed E-state index contributed by atoms with van der Waals surface area (Å²) in [5.41, 5.74) is 6.69. The molecule has 7 heteroatoms. The van der Waals surface area contributed by atoms with Crippen molar-refractivity contribution in [3.63, 3.8) is 0 Å². The predicted octanol–water partition coefficient (Wildman–Crippen LogP) is 8.14. The molecule has 3 aromatic carbocycles. The van der Waals surface area contributed by atoms with Gasteiger partial charge in [0.1, 0.15) is 5.75 Å². The van der Waals surface area contributed by atoms with Crippen molar-refractivity contribution in [2.24, 2.45) is 0 Å². The van der Waals surface area contributed by atoms with Crippen LogP contribution in [0.4, 0.5) is 0 Å². The Morgan fingerprint density at radius 2 is 1.43 bits per heavy atom. The number of aryl methyl sites for hydroxylation is 3. The number of rotatable bonds is 5. The van der Waals surface area contributed by atoms with Crippen LogP contribution in [0.1, 0.15) is 43.0 Å². The van der Waals surface area contributed by atoms with Crippen LogP contribution in [0.5, 0.6) is 5.75 Å². The van der Waals surface area contributed by atoms with Gasteiger partial charge in [0.2, 0.25) is 0 Å². The zero-order valence-electron chi connectivity index (χ0n) is 23.4. The number of pyridine rings is 1. The Morgan fingerprint density at radius 3 is 2.08 bits per heavy atom. The maximum absolute atomic E-state index is 10.7. The molecule has 0 aliphatic heterocycles. The quantitative estimate of drug-likeness (QED) is 0.185. The van der Waals surface area contributed by atoms with Crippen molar-refractivity contribution in [1.82, 2.24) is 19.9 Å². The van der Waals surface area contributed by atoms with Crippen LogP contribution in [0.25, 0.3) is 34.2 Å². The van der Waals surface area contributed by atoms with E-state index in [2.05, 4.69) is 76.9 Å². The number of aromatic hydroxyl groups is 1. The molecule has 0 fully saturated rings. The second-order valence-corrected chi connectivity index (χ2v) is 11.8. The minimum atomic E-state index is -0.107. The second-order valence-electron chi connectivity index (χ2n) is 10.8. The van der Waals surface area contributed by atoms with Gasteiger partial charge in [-0.3, -0.25) is 9.97 Å². The van der Waals surface area contributed by atoms with Gasteiger partial charge < -0.3 is 5.11 Å². The van der Waals surface area contributed by atoms with Gasteiger partial charge in [-0.25, -0.2) is 9.97 Å². The summed E-state index contributed by atoms with van der Waals surface area (Å²) in [5.74, 6) is 1.62. The smallest absolute Gasteiger partial charge is 0.158 e. The third-order valence-corrected chi connectivity index (χ3v) is 7.37. The van der Waals surface area contributed by atoms with Crippen molar-refractivity contribution in [2.75, 3.05) is 0 Å². The molecule has 0 radical (unpaired) electrons. The fourth-order valence-corrected chi connectivity index (χ4v) is 5.43. The van der Waals surface area contributed by atoms with Crippen LogP contribution in [0.3, 0.4) is 0 Å². The van der Waals surface area contributed by atoms with E-state index in [1.165, 1.54) is 5.56 Å². The average molecular weight is 727 g/mol. The van der Waals surface area contributed by atoms with Gasteiger partial charge in [-0.05, 0) is 61.6 Å². The average Bonchev–Trinajstić information content (AvgIpc) is 2.88. The summed E-state index contributed by atoms with van der Waals surface area (Å²) >= 11 is 1.56. The maximum Gasteiger partial charge on any atom is 0.158 e. The molecular weight excluding hydrogens is 696 g/mol. The van der Waals surface area contributed by atoms with E-state index in [1.54, 1.807) is 30.1 Å². The van der Waals surface area contributed by atoms with Gasteiger partial charge in [0.25, 0.3) is 0 Å². The molecule has 206 valence electrons. The normalized spacial score (nSPS) is 11.2. The number of hydrogen-bond acceptors (Lipinski definition) is 6. The summed E-state index contributed by atoms with van der Waals surface area (Å²) in [4.78, 5) is 20.1. The summed E-state index contributed by atoms with van der Waals surface area (Å²) in [6, 6.07) is 25.1. The molecule has 0 amide bonds. The number of hydrogen-bond donors (Lipinski definition) is 1. The monoisotopic (exact) mass is 726 g/mol. The zero-order valence-corrected chi connectivity index (χ0v) is 26.5. The van der Waals surface area contributed by atoms with Gasteiger partial charge in [-0.1, -0.05) is 73.3 Å². The van der Waals surface area contributed by atoms with Gasteiger partial charge in [0, 0.05) is 32.8 Å². The minimum absolute atomic E-state index is 0. The van der Waals surface area contributed by atoms with Crippen molar-refractivity contribution >= 4 is 11.8 Å². The van der Waals surface area contributed by atoms with Crippen LogP contribution in [0.2, 0.25) is 0 Å². The Hall–Kier alpha value is -3.34. The first-order chi connectivity index (χ1) is 18.6. The maximum atomic E-state index is 10.7. The van der Waals surface area contributed by atoms with Crippen LogP contribution >= 0.6 is 11.8 Å². The molecule has 0 saturated heterocycles. The summed E-state index contributed by atoms with van der Waals surface area (Å²) in [6.07, 6.45) is 1.79. The van der Waals surface area contributed by atoms with E-state index in [9.17, 15) is 5.11 Å². The topological polar surface area (TPSA) is 71.8 Å². The number of benzene rings is 3. The largest absolute Gasteiger partial charge is 0.507 e. The molecule has 5 nitrogen and oxygen atoms in total. The number of phenolic OH excluding ortho intramolecular Hbond substituents is 1. The molecule has 0 aliphatic rings. The van der Waals surface area contributed by atoms with E-state index in [0.717, 1.165) is 37.7 Å². The van der Waals surface area contributed by atoms with Crippen molar-refractivity contribution < 1.29 is 26.2 Å². The van der Waals surface area contributed by atoms with E-state index >= 15 is 0 Å². The summed E-state index contributed by atoms with van der Waals surface area (Å²) in [7, 11) is 0. The number of aromatic nitrogens is 4. The van der Waals surface area contributed by atoms with Crippen molar-refractivity contribution in [3.05, 3.63) is 101 Å². The van der Waals surface area contributed by atoms with Gasteiger partial charge >= 0.3 is 0 Å². The molecule has 0 unspecified atom stereocenters. The Balaban J connectivity index is 0.00000370. The molecule has 0 aliphatic carbocycles. The number of nitrogens with zero attached hydrogens (tertiary/aromatic N) is 4. The first-order valence-corrected chi connectivity index (χ1v) is 13.7. The molecule has 0 saturated carbocycles. The Bertz CT molecular complexity index is 1640. The standard InChI is InChI=1S/C33H31N4OS.Pt/c1-20-15-21(2)29(22(3)16-20)32-36-30(35-31(37-32)26-11-7-8-12-27(26)38)23-17-24(33(4,5)6)19-25(18-23)39-28-13-9-10-14-34-28;/h7-17,19,38H,1-6H3;/q-1;. The fraction of sp³-hybridized carbons (Fsp3) is 0.212. The van der Waals surface area contributed by atoms with Crippen LogP contribution in [-0.4, -0.2) is 25.0 Å². The van der Waals surface area contributed by atoms with E-state index in [1.807, 2.05) is 30.3 Å². The first kappa shape index (κ1) is 29.6. The molecule has 5 rings (SSSR count). The number of para-hydroxylation sites is 1. The summed E-state index contributed by atoms with van der Waals surface area (Å²) < 4.78 is 0. The van der Waals surface area contributed by atoms with Gasteiger partial charge in [-0.2, -0.15) is 0 Å². The summed E-state index contributed by atoms with van der Waals surface area (Å²) in [5, 5.41) is 11.6. The van der Waals surface area contributed by atoms with E-state index in [0.29, 0.717) is 23.0 Å². The van der Waals surface area contributed by atoms with Gasteiger partial charge in [0.05, 0.1) is 16.4 Å². The molecule has 5 aromatic rings. The van der Waals surface area contributed by atoms with Crippen LogP contribution in [-0.2, 0) is 26.5 Å². The predicted molar refractivity (Wildman–Crippen MR) is 158 cm³/mol. The van der Waals surface area contributed by atoms with Crippen LogP contribution in [0.15, 0.2) is 82.8 Å². The van der Waals surface area contributed by atoms with E-state index in [-0.39, 0.29) is 32.2 Å². The molecular formula is C33H31N4OPtS-. The minimum Gasteiger partial charge on any atom is -0.507 e. The van der Waals surface area contributed by atoms with E-state index in [4.69, 9.17) is 15.0 Å². The molecule has 2 aromatic heterocycles. The zero-order chi connectivity index (χ0) is 27.7. The first-order valence-electron chi connectivity index (χ1n) is 12.9. The summed E-state index contributed by atoms with van der Waals surface area (Å²) in [6.45, 7) is 12.8. The van der Waals surface area contributed by atoms with E-state index < -0.39 is 0 Å². The molecule has 0 atom stereocenters. The number of phenols is 1. The van der Waals surface area contributed by atoms with Gasteiger partial charge in [0.15, 0.2) is 11.6 Å². The SMILES string of the molecule is Cc1cc(C)c(-c2nc(-c3[c-]c(Sc4ccccn4)cc(C(C)(C)C)c3)nc(-c3ccccc3O)n2)c(C)c1.[Pt]. The molecule has 0 spiro atoms. The van der Waals surface area contributed by atoms with Crippen molar-refractivity contribution in [2.45, 2.75) is 56.9 Å². The van der Waals surface area contributed by atoms with Crippen molar-refractivity contribution in [3.8, 4) is 39.9 Å². The Morgan fingerprint density at radius 1 is 0.775 bits per heavy atom. The third-order valence-electron chi connectivity index (χ3n) is 6.48. The fourth-order valence-electron chi connectivity index (χ4n) is 4.60. The van der Waals surface area contributed by atoms with Crippen molar-refractivity contribution in [1.29, 1.82) is 0 Å². The molecule has 2 heterocycles. The molecule has 40 heavy (non-hydrogen) atoms. The molecule has 1 N–H and O–H groups in total. The molecule has 0 bridgehead atoms. The Labute approximate surface area is 254 Å². The second kappa shape index (κ2) is 12.0. The van der Waals surface area contributed by atoms with Crippen LogP contribution < -0.4 is 0 Å².